The SMILES string of the molecule is COc1cc(-c2nnc3n(C(CCS(C)(=O)=O)c4ccc(C)cc4)cc(Cl)cc2-3)ccc1-n1cnc(C)c1. The van der Waals surface area contributed by atoms with Crippen LogP contribution in [0, 0.1) is 13.8 Å². The Kier molecular flexibility index (Phi) is 6.98. The molecular formula is C28H28ClN5O3S. The second-order valence-corrected chi connectivity index (χ2v) is 12.2. The first-order valence-electron chi connectivity index (χ1n) is 12.1. The van der Waals surface area contributed by atoms with E-state index in [0.29, 0.717) is 28.7 Å². The van der Waals surface area contributed by atoms with Gasteiger partial charge in [0.15, 0.2) is 5.82 Å². The van der Waals surface area contributed by atoms with Crippen molar-refractivity contribution in [3.8, 4) is 34.1 Å². The van der Waals surface area contributed by atoms with Crippen LogP contribution in [-0.2, 0) is 9.84 Å². The van der Waals surface area contributed by atoms with Gasteiger partial charge in [-0.3, -0.25) is 0 Å². The molecule has 196 valence electrons. The number of pyridine rings is 1. The van der Waals surface area contributed by atoms with E-state index in [1.807, 2.05) is 77.7 Å². The molecule has 0 aliphatic carbocycles. The van der Waals surface area contributed by atoms with Gasteiger partial charge in [0.2, 0.25) is 0 Å². The molecular weight excluding hydrogens is 522 g/mol. The zero-order chi connectivity index (χ0) is 27.0. The van der Waals surface area contributed by atoms with Gasteiger partial charge in [-0.1, -0.05) is 47.5 Å². The van der Waals surface area contributed by atoms with Crippen LogP contribution in [0.15, 0.2) is 67.3 Å². The minimum absolute atomic E-state index is 0.0277. The van der Waals surface area contributed by atoms with E-state index in [9.17, 15) is 8.42 Å². The molecule has 2 aromatic carbocycles. The number of methoxy groups -OCH3 is 1. The molecule has 10 heteroatoms. The fourth-order valence-corrected chi connectivity index (χ4v) is 5.49. The Morgan fingerprint density at radius 1 is 1.03 bits per heavy atom. The van der Waals surface area contributed by atoms with Crippen molar-refractivity contribution in [2.45, 2.75) is 26.3 Å². The minimum atomic E-state index is -3.18. The highest BCUT2D eigenvalue weighted by Crippen LogP contribution is 2.39. The number of ether oxygens (including phenoxy) is 1. The summed E-state index contributed by atoms with van der Waals surface area (Å²) in [4.78, 5) is 4.31. The number of nitrogens with zero attached hydrogens (tertiary/aromatic N) is 5. The van der Waals surface area contributed by atoms with E-state index in [1.165, 1.54) is 6.26 Å². The summed E-state index contributed by atoms with van der Waals surface area (Å²) in [5, 5.41) is 9.56. The number of aromatic nitrogens is 5. The summed E-state index contributed by atoms with van der Waals surface area (Å²) in [6.07, 6.45) is 7.09. The van der Waals surface area contributed by atoms with Crippen molar-refractivity contribution in [3.05, 3.63) is 89.1 Å². The van der Waals surface area contributed by atoms with Crippen molar-refractivity contribution < 1.29 is 13.2 Å². The molecule has 0 radical (unpaired) electrons. The van der Waals surface area contributed by atoms with E-state index >= 15 is 0 Å². The van der Waals surface area contributed by atoms with Crippen LogP contribution in [0.25, 0.3) is 28.3 Å². The zero-order valence-corrected chi connectivity index (χ0v) is 23.2. The lowest BCUT2D eigenvalue weighted by Gasteiger charge is -2.24. The van der Waals surface area contributed by atoms with Gasteiger partial charge >= 0.3 is 0 Å². The Hall–Kier alpha value is -3.69. The number of rotatable bonds is 8. The lowest BCUT2D eigenvalue weighted by atomic mass is 10.0. The predicted octanol–water partition coefficient (Wildman–Crippen LogP) is 5.54. The molecule has 8 nitrogen and oxygen atoms in total. The third-order valence-corrected chi connectivity index (χ3v) is 7.72. The fourth-order valence-electron chi connectivity index (χ4n) is 4.63. The first kappa shape index (κ1) is 25.9. The molecule has 5 rings (SSSR count). The number of sulfone groups is 1. The van der Waals surface area contributed by atoms with Crippen LogP contribution in [0.4, 0.5) is 0 Å². The number of hydrogen-bond acceptors (Lipinski definition) is 6. The van der Waals surface area contributed by atoms with Crippen LogP contribution >= 0.6 is 11.6 Å². The molecule has 0 saturated carbocycles. The topological polar surface area (TPSA) is 91.9 Å². The number of hydrogen-bond donors (Lipinski definition) is 0. The average Bonchev–Trinajstić information content (AvgIpc) is 3.50. The molecule has 1 aromatic heterocycles. The summed E-state index contributed by atoms with van der Waals surface area (Å²) in [7, 11) is -1.56. The van der Waals surface area contributed by atoms with Gasteiger partial charge < -0.3 is 13.9 Å². The molecule has 3 aromatic rings. The highest BCUT2D eigenvalue weighted by Gasteiger charge is 2.25. The first-order valence-corrected chi connectivity index (χ1v) is 14.5. The molecule has 1 unspecified atom stereocenters. The maximum atomic E-state index is 12.1. The largest absolute Gasteiger partial charge is 0.495 e. The molecule has 0 fully saturated rings. The van der Waals surface area contributed by atoms with Gasteiger partial charge in [0, 0.05) is 29.8 Å². The molecule has 0 N–H and O–H groups in total. The minimum Gasteiger partial charge on any atom is -0.495 e. The standard InChI is InChI=1S/C28H28ClN5O3S/c1-18-5-7-20(8-6-18)24(11-12-38(4,35)36)34-16-22(29)14-23-27(31-32-28(23)34)21-9-10-25(26(13-21)37-3)33-15-19(2)30-17-33/h5-10,13-17,24H,11-12H2,1-4H3. The second kappa shape index (κ2) is 10.2. The van der Waals surface area contributed by atoms with Crippen LogP contribution in [0.1, 0.15) is 29.3 Å². The number of fused-ring (bicyclic) bond motifs is 1. The third kappa shape index (κ3) is 5.30. The summed E-state index contributed by atoms with van der Waals surface area (Å²) in [6, 6.07) is 15.4. The van der Waals surface area contributed by atoms with E-state index in [4.69, 9.17) is 16.3 Å². The molecule has 0 saturated heterocycles. The predicted molar refractivity (Wildman–Crippen MR) is 149 cm³/mol. The van der Waals surface area contributed by atoms with Crippen LogP contribution in [-0.4, -0.2) is 51.9 Å². The lowest BCUT2D eigenvalue weighted by Crippen LogP contribution is -2.18. The number of imidazole rings is 1. The highest BCUT2D eigenvalue weighted by molar-refractivity contribution is 7.90. The zero-order valence-electron chi connectivity index (χ0n) is 21.6. The quantitative estimate of drug-likeness (QED) is 0.252. The summed E-state index contributed by atoms with van der Waals surface area (Å²) >= 11 is 6.62. The van der Waals surface area contributed by atoms with Gasteiger partial charge in [-0.05, 0) is 44.0 Å². The van der Waals surface area contributed by atoms with Crippen molar-refractivity contribution in [2.75, 3.05) is 19.1 Å². The second-order valence-electron chi connectivity index (χ2n) is 9.51. The fraction of sp³-hybridized carbons (Fsp3) is 0.250. The maximum absolute atomic E-state index is 12.1. The molecule has 0 bridgehead atoms. The van der Waals surface area contributed by atoms with Gasteiger partial charge in [0.25, 0.3) is 0 Å². The van der Waals surface area contributed by atoms with E-state index in [0.717, 1.165) is 33.6 Å². The molecule has 2 aliphatic rings. The van der Waals surface area contributed by atoms with E-state index in [-0.39, 0.29) is 11.8 Å². The van der Waals surface area contributed by atoms with Gasteiger partial charge in [-0.25, -0.2) is 13.4 Å². The first-order chi connectivity index (χ1) is 18.1. The highest BCUT2D eigenvalue weighted by atomic mass is 35.5. The van der Waals surface area contributed by atoms with Crippen LogP contribution in [0.5, 0.6) is 5.75 Å². The van der Waals surface area contributed by atoms with Gasteiger partial charge in [0.05, 0.1) is 41.6 Å². The van der Waals surface area contributed by atoms with Gasteiger partial charge in [0.1, 0.15) is 21.3 Å². The van der Waals surface area contributed by atoms with E-state index < -0.39 is 9.84 Å². The lowest BCUT2D eigenvalue weighted by molar-refractivity contribution is 0.413. The van der Waals surface area contributed by atoms with Crippen molar-refractivity contribution in [3.63, 3.8) is 0 Å². The Labute approximate surface area is 227 Å². The Balaban J connectivity index is 1.59. The molecule has 1 atom stereocenters. The van der Waals surface area contributed by atoms with Crippen molar-refractivity contribution in [1.82, 2.24) is 24.3 Å². The van der Waals surface area contributed by atoms with Gasteiger partial charge in [-0.2, -0.15) is 0 Å². The van der Waals surface area contributed by atoms with Crippen molar-refractivity contribution >= 4 is 21.4 Å². The summed E-state index contributed by atoms with van der Waals surface area (Å²) in [5.74, 6) is 1.31. The normalized spacial score (nSPS) is 12.7. The molecule has 3 heterocycles. The molecule has 38 heavy (non-hydrogen) atoms. The van der Waals surface area contributed by atoms with Crippen molar-refractivity contribution in [1.29, 1.82) is 0 Å². The van der Waals surface area contributed by atoms with Crippen LogP contribution in [0.2, 0.25) is 5.02 Å². The van der Waals surface area contributed by atoms with Gasteiger partial charge in [-0.15, -0.1) is 10.2 Å². The summed E-state index contributed by atoms with van der Waals surface area (Å²) in [6.45, 7) is 3.95. The number of aryl methyl sites for hydroxylation is 2. The van der Waals surface area contributed by atoms with Crippen molar-refractivity contribution in [2.24, 2.45) is 0 Å². The smallest absolute Gasteiger partial charge is 0.165 e. The Bertz CT molecular complexity index is 1680. The van der Waals surface area contributed by atoms with E-state index in [2.05, 4.69) is 15.2 Å². The summed E-state index contributed by atoms with van der Waals surface area (Å²) < 4.78 is 33.7. The Morgan fingerprint density at radius 2 is 1.79 bits per heavy atom. The third-order valence-electron chi connectivity index (χ3n) is 6.53. The van der Waals surface area contributed by atoms with E-state index in [1.54, 1.807) is 19.6 Å². The Morgan fingerprint density at radius 3 is 2.45 bits per heavy atom. The average molecular weight is 550 g/mol. The maximum Gasteiger partial charge on any atom is 0.165 e. The molecule has 0 spiro atoms. The number of benzene rings is 2. The molecule has 0 amide bonds. The number of halogens is 1. The monoisotopic (exact) mass is 549 g/mol. The van der Waals surface area contributed by atoms with Crippen LogP contribution in [0.3, 0.4) is 0 Å². The molecule has 2 aliphatic heterocycles. The van der Waals surface area contributed by atoms with Crippen LogP contribution < -0.4 is 4.74 Å². The summed E-state index contributed by atoms with van der Waals surface area (Å²) in [5.41, 5.74) is 6.10.